The van der Waals surface area contributed by atoms with Crippen LogP contribution in [-0.4, -0.2) is 9.13 Å². The fraction of sp³-hybridized carbons (Fsp3) is 0.0370. The van der Waals surface area contributed by atoms with E-state index in [0.717, 1.165) is 18.5 Å². The van der Waals surface area contributed by atoms with E-state index < -0.39 is 0 Å². The quantitative estimate of drug-likeness (QED) is 0.169. The Kier molecular flexibility index (Phi) is 6.91. The molecule has 1 aliphatic carbocycles. The van der Waals surface area contributed by atoms with Crippen LogP contribution in [-0.2, 0) is 6.42 Å². The highest BCUT2D eigenvalue weighted by atomic mass is 32.1. The maximum atomic E-state index is 2.51. The number of fused-ring (bicyclic) bond motifs is 12. The molecule has 0 saturated carbocycles. The number of benzene rings is 8. The second-order valence-electron chi connectivity index (χ2n) is 15.6. The van der Waals surface area contributed by atoms with Gasteiger partial charge in [-0.1, -0.05) is 97.1 Å². The van der Waals surface area contributed by atoms with Gasteiger partial charge in [0, 0.05) is 79.1 Å². The standard InChI is InChI=1S/C54H34N2S2/c1-6-16-47-39(11-1)40-12-2-7-17-48(40)55(47)37-23-26-54-46(32-37)45-31-34(22-25-53(45)58-54)36-27-35(33-21-24-52-44(30-33)43-15-5-10-20-51(43)57-52)28-38(29-36)56-49-18-8-3-13-41(49)42-14-4-9-19-50(42)56/h1-6,8-16,18-32H,7,17H2. The van der Waals surface area contributed by atoms with Gasteiger partial charge in [0.25, 0.3) is 0 Å². The summed E-state index contributed by atoms with van der Waals surface area (Å²) in [5.74, 6) is 0. The summed E-state index contributed by atoms with van der Waals surface area (Å²) in [4.78, 5) is 0. The van der Waals surface area contributed by atoms with Crippen LogP contribution in [0.5, 0.6) is 0 Å². The van der Waals surface area contributed by atoms with Crippen molar-refractivity contribution in [2.24, 2.45) is 0 Å². The zero-order valence-corrected chi connectivity index (χ0v) is 33.1. The van der Waals surface area contributed by atoms with Crippen LogP contribution in [0, 0.1) is 0 Å². The molecule has 272 valence electrons. The summed E-state index contributed by atoms with van der Waals surface area (Å²) in [6, 6.07) is 63.7. The third-order valence-electron chi connectivity index (χ3n) is 12.4. The molecule has 1 aliphatic rings. The van der Waals surface area contributed by atoms with E-state index >= 15 is 0 Å². The fourth-order valence-corrected chi connectivity index (χ4v) is 11.9. The van der Waals surface area contributed by atoms with E-state index in [1.54, 1.807) is 0 Å². The van der Waals surface area contributed by atoms with Crippen LogP contribution in [0.2, 0.25) is 0 Å². The molecule has 0 saturated heterocycles. The molecule has 0 bridgehead atoms. The van der Waals surface area contributed by atoms with Crippen LogP contribution in [0.15, 0.2) is 176 Å². The number of allylic oxidation sites excluding steroid dienone is 1. The average Bonchev–Trinajstić information content (AvgIpc) is 4.03. The van der Waals surface area contributed by atoms with Crippen molar-refractivity contribution in [1.82, 2.24) is 9.13 Å². The average molecular weight is 775 g/mol. The second kappa shape index (κ2) is 12.4. The van der Waals surface area contributed by atoms with Crippen LogP contribution < -0.4 is 0 Å². The topological polar surface area (TPSA) is 9.86 Å². The Bertz CT molecular complexity index is 3640. The highest BCUT2D eigenvalue weighted by molar-refractivity contribution is 7.26. The third kappa shape index (κ3) is 4.76. The number of rotatable bonds is 4. The minimum Gasteiger partial charge on any atom is -0.313 e. The van der Waals surface area contributed by atoms with Crippen LogP contribution >= 0.6 is 22.7 Å². The van der Waals surface area contributed by atoms with Gasteiger partial charge in [0.15, 0.2) is 0 Å². The van der Waals surface area contributed by atoms with E-state index in [1.165, 1.54) is 112 Å². The molecule has 8 aromatic carbocycles. The summed E-state index contributed by atoms with van der Waals surface area (Å²) in [5, 5.41) is 9.12. The first-order valence-electron chi connectivity index (χ1n) is 20.0. The summed E-state index contributed by atoms with van der Waals surface area (Å²) in [6.07, 6.45) is 6.77. The highest BCUT2D eigenvalue weighted by Gasteiger charge is 2.20. The van der Waals surface area contributed by atoms with E-state index in [1.807, 2.05) is 22.7 Å². The van der Waals surface area contributed by atoms with Gasteiger partial charge in [0.1, 0.15) is 0 Å². The van der Waals surface area contributed by atoms with Crippen molar-refractivity contribution in [3.05, 3.63) is 187 Å². The van der Waals surface area contributed by atoms with Gasteiger partial charge in [-0.2, -0.15) is 0 Å². The Balaban J connectivity index is 1.03. The van der Waals surface area contributed by atoms with Crippen molar-refractivity contribution in [2.45, 2.75) is 12.8 Å². The number of aromatic nitrogens is 2. The van der Waals surface area contributed by atoms with E-state index in [4.69, 9.17) is 0 Å². The van der Waals surface area contributed by atoms with Gasteiger partial charge in [-0.25, -0.2) is 0 Å². The molecular weight excluding hydrogens is 741 g/mol. The second-order valence-corrected chi connectivity index (χ2v) is 17.8. The molecule has 0 atom stereocenters. The van der Waals surface area contributed by atoms with Crippen molar-refractivity contribution in [3.63, 3.8) is 0 Å². The lowest BCUT2D eigenvalue weighted by atomic mass is 9.96. The Hall–Kier alpha value is -6.72. The summed E-state index contributed by atoms with van der Waals surface area (Å²) >= 11 is 3.76. The molecule has 0 amide bonds. The third-order valence-corrected chi connectivity index (χ3v) is 14.7. The Morgan fingerprint density at radius 3 is 1.55 bits per heavy atom. The summed E-state index contributed by atoms with van der Waals surface area (Å²) in [7, 11) is 0. The molecule has 12 aromatic rings. The molecule has 0 radical (unpaired) electrons. The molecule has 2 nitrogen and oxygen atoms in total. The fourth-order valence-electron chi connectivity index (χ4n) is 9.73. The van der Waals surface area contributed by atoms with Crippen LogP contribution in [0.4, 0.5) is 0 Å². The van der Waals surface area contributed by atoms with E-state index in [0.29, 0.717) is 0 Å². The maximum absolute atomic E-state index is 2.51. The van der Waals surface area contributed by atoms with Crippen molar-refractivity contribution >= 4 is 102 Å². The van der Waals surface area contributed by atoms with E-state index in [9.17, 15) is 0 Å². The minimum atomic E-state index is 1.05. The molecule has 0 aliphatic heterocycles. The van der Waals surface area contributed by atoms with Crippen molar-refractivity contribution in [3.8, 4) is 33.6 Å². The molecule has 13 rings (SSSR count). The first-order chi connectivity index (χ1) is 28.7. The lowest BCUT2D eigenvalue weighted by Gasteiger charge is -2.15. The SMILES string of the molecule is C1=Cc2c(n(-c3ccc4sc5ccc(-c6cc(-c7ccc8sc9ccccc9c8c7)cc(-n7c8ccccc8c8ccccc87)c6)cc5c4c3)c3ccccc23)CC1. The summed E-state index contributed by atoms with van der Waals surface area (Å²) in [6.45, 7) is 0. The number of para-hydroxylation sites is 3. The molecule has 0 unspecified atom stereocenters. The van der Waals surface area contributed by atoms with Crippen LogP contribution in [0.25, 0.3) is 113 Å². The molecular formula is C54H34N2S2. The predicted octanol–water partition coefficient (Wildman–Crippen LogP) is 15.8. The lowest BCUT2D eigenvalue weighted by molar-refractivity contribution is 0.889. The maximum Gasteiger partial charge on any atom is 0.0541 e. The number of thiophene rings is 2. The van der Waals surface area contributed by atoms with E-state index in [-0.39, 0.29) is 0 Å². The molecule has 0 spiro atoms. The monoisotopic (exact) mass is 774 g/mol. The first-order valence-corrected chi connectivity index (χ1v) is 21.7. The van der Waals surface area contributed by atoms with Crippen molar-refractivity contribution in [1.29, 1.82) is 0 Å². The van der Waals surface area contributed by atoms with Gasteiger partial charge >= 0.3 is 0 Å². The van der Waals surface area contributed by atoms with Crippen molar-refractivity contribution in [2.75, 3.05) is 0 Å². The zero-order chi connectivity index (χ0) is 37.9. The van der Waals surface area contributed by atoms with Gasteiger partial charge in [0.2, 0.25) is 0 Å². The molecule has 4 heteroatoms. The number of hydrogen-bond acceptors (Lipinski definition) is 2. The van der Waals surface area contributed by atoms with Gasteiger partial charge < -0.3 is 9.13 Å². The predicted molar refractivity (Wildman–Crippen MR) is 252 cm³/mol. The number of nitrogens with zero attached hydrogens (tertiary/aromatic N) is 2. The normalized spacial score (nSPS) is 13.0. The van der Waals surface area contributed by atoms with Gasteiger partial charge in [-0.05, 0) is 120 Å². The van der Waals surface area contributed by atoms with Crippen molar-refractivity contribution < 1.29 is 0 Å². The van der Waals surface area contributed by atoms with Gasteiger partial charge in [-0.15, -0.1) is 22.7 Å². The largest absolute Gasteiger partial charge is 0.313 e. The lowest BCUT2D eigenvalue weighted by Crippen LogP contribution is -2.02. The first kappa shape index (κ1) is 32.4. The Morgan fingerprint density at radius 2 is 0.879 bits per heavy atom. The van der Waals surface area contributed by atoms with Gasteiger partial charge in [0.05, 0.1) is 16.6 Å². The Labute approximate surface area is 342 Å². The molecule has 58 heavy (non-hydrogen) atoms. The smallest absolute Gasteiger partial charge is 0.0541 e. The molecule has 4 heterocycles. The molecule has 0 fully saturated rings. The number of hydrogen-bond donors (Lipinski definition) is 0. The summed E-state index contributed by atoms with van der Waals surface area (Å²) in [5.41, 5.74) is 13.7. The van der Waals surface area contributed by atoms with Crippen LogP contribution in [0.3, 0.4) is 0 Å². The zero-order valence-electron chi connectivity index (χ0n) is 31.4. The highest BCUT2D eigenvalue weighted by Crippen LogP contribution is 2.43. The van der Waals surface area contributed by atoms with Gasteiger partial charge in [-0.3, -0.25) is 0 Å². The van der Waals surface area contributed by atoms with Crippen LogP contribution in [0.1, 0.15) is 17.7 Å². The Morgan fingerprint density at radius 1 is 0.362 bits per heavy atom. The molecule has 0 N–H and O–H groups in total. The molecule has 4 aromatic heterocycles. The summed E-state index contributed by atoms with van der Waals surface area (Å²) < 4.78 is 10.2. The van der Waals surface area contributed by atoms with E-state index in [2.05, 4.69) is 191 Å². The minimum absolute atomic E-state index is 1.05.